The van der Waals surface area contributed by atoms with Crippen LogP contribution in [0.15, 0.2) is 22.7 Å². The number of likely N-dealkylation sites (N-methyl/N-ethyl adjacent to an activating group) is 1. The Morgan fingerprint density at radius 1 is 1.44 bits per heavy atom. The molecule has 0 saturated carbocycles. The zero-order chi connectivity index (χ0) is 13.7. The Balaban J connectivity index is 2.69. The first-order chi connectivity index (χ1) is 8.45. The van der Waals surface area contributed by atoms with Gasteiger partial charge in [0, 0.05) is 13.6 Å². The fourth-order valence-corrected chi connectivity index (χ4v) is 1.67. The first-order valence-corrected chi connectivity index (χ1v) is 6.14. The monoisotopic (exact) mass is 315 g/mol. The second kappa shape index (κ2) is 6.39. The van der Waals surface area contributed by atoms with E-state index in [0.29, 0.717) is 16.8 Å². The molecule has 0 heterocycles. The quantitative estimate of drug-likeness (QED) is 0.902. The smallest absolute Gasteiger partial charge is 0.335 e. The summed E-state index contributed by atoms with van der Waals surface area (Å²) in [6.07, 6.45) is 0. The van der Waals surface area contributed by atoms with Crippen LogP contribution in [0.1, 0.15) is 17.3 Å². The molecule has 0 saturated heterocycles. The summed E-state index contributed by atoms with van der Waals surface area (Å²) < 4.78 is 5.83. The van der Waals surface area contributed by atoms with Crippen molar-refractivity contribution in [1.29, 1.82) is 0 Å². The predicted molar refractivity (Wildman–Crippen MR) is 69.9 cm³/mol. The third-order valence-corrected chi connectivity index (χ3v) is 3.05. The molecule has 0 aromatic heterocycles. The second-order valence-corrected chi connectivity index (χ2v) is 4.50. The van der Waals surface area contributed by atoms with E-state index in [1.807, 2.05) is 6.92 Å². The number of carbonyl (C=O) groups excluding carboxylic acids is 1. The van der Waals surface area contributed by atoms with Crippen LogP contribution in [0.25, 0.3) is 0 Å². The van der Waals surface area contributed by atoms with Crippen LogP contribution in [0.4, 0.5) is 0 Å². The van der Waals surface area contributed by atoms with Gasteiger partial charge in [0.15, 0.2) is 6.61 Å². The summed E-state index contributed by atoms with van der Waals surface area (Å²) in [6.45, 7) is 2.41. The van der Waals surface area contributed by atoms with Gasteiger partial charge in [-0.2, -0.15) is 0 Å². The molecule has 1 rings (SSSR count). The molecule has 5 nitrogen and oxygen atoms in total. The number of halogens is 1. The Kier molecular flexibility index (Phi) is 5.15. The van der Waals surface area contributed by atoms with E-state index >= 15 is 0 Å². The van der Waals surface area contributed by atoms with E-state index in [4.69, 9.17) is 9.84 Å². The van der Waals surface area contributed by atoms with Crippen molar-refractivity contribution in [1.82, 2.24) is 4.90 Å². The number of amides is 1. The van der Waals surface area contributed by atoms with Crippen LogP contribution in [-0.2, 0) is 4.79 Å². The summed E-state index contributed by atoms with van der Waals surface area (Å²) in [5.74, 6) is -0.700. The van der Waals surface area contributed by atoms with Gasteiger partial charge in [0.25, 0.3) is 5.91 Å². The zero-order valence-corrected chi connectivity index (χ0v) is 11.7. The molecule has 18 heavy (non-hydrogen) atoms. The number of hydrogen-bond donors (Lipinski definition) is 1. The predicted octanol–water partition coefficient (Wildman–Crippen LogP) is 2.00. The molecule has 1 aromatic carbocycles. The summed E-state index contributed by atoms with van der Waals surface area (Å²) in [7, 11) is 1.69. The maximum atomic E-state index is 11.5. The molecule has 6 heteroatoms. The summed E-state index contributed by atoms with van der Waals surface area (Å²) in [5, 5.41) is 8.80. The van der Waals surface area contributed by atoms with Gasteiger partial charge >= 0.3 is 5.97 Å². The summed E-state index contributed by atoms with van der Waals surface area (Å²) in [6, 6.07) is 4.38. The number of aromatic carboxylic acids is 1. The molecule has 0 atom stereocenters. The van der Waals surface area contributed by atoms with Crippen molar-refractivity contribution in [3.63, 3.8) is 0 Å². The van der Waals surface area contributed by atoms with E-state index in [9.17, 15) is 9.59 Å². The highest BCUT2D eigenvalue weighted by atomic mass is 79.9. The average molecular weight is 316 g/mol. The molecule has 0 aliphatic carbocycles. The fraction of sp³-hybridized carbons (Fsp3) is 0.333. The highest BCUT2D eigenvalue weighted by Crippen LogP contribution is 2.26. The summed E-state index contributed by atoms with van der Waals surface area (Å²) in [4.78, 5) is 23.8. The van der Waals surface area contributed by atoms with Crippen molar-refractivity contribution in [2.45, 2.75) is 6.92 Å². The summed E-state index contributed by atoms with van der Waals surface area (Å²) in [5.41, 5.74) is 0.159. The van der Waals surface area contributed by atoms with Crippen LogP contribution in [0.2, 0.25) is 0 Å². The van der Waals surface area contributed by atoms with Crippen molar-refractivity contribution in [3.8, 4) is 5.75 Å². The molecule has 0 radical (unpaired) electrons. The number of nitrogens with zero attached hydrogens (tertiary/aromatic N) is 1. The van der Waals surface area contributed by atoms with Crippen LogP contribution in [0.3, 0.4) is 0 Å². The largest absolute Gasteiger partial charge is 0.483 e. The average Bonchev–Trinajstić information content (AvgIpc) is 2.35. The minimum Gasteiger partial charge on any atom is -0.483 e. The van der Waals surface area contributed by atoms with Gasteiger partial charge < -0.3 is 14.7 Å². The van der Waals surface area contributed by atoms with Gasteiger partial charge in [0.2, 0.25) is 0 Å². The van der Waals surface area contributed by atoms with E-state index in [-0.39, 0.29) is 18.1 Å². The normalized spacial score (nSPS) is 9.94. The van der Waals surface area contributed by atoms with Crippen LogP contribution in [0.5, 0.6) is 5.75 Å². The molecular formula is C12H14BrNO4. The summed E-state index contributed by atoms with van der Waals surface area (Å²) >= 11 is 3.21. The van der Waals surface area contributed by atoms with Crippen molar-refractivity contribution >= 4 is 27.8 Å². The molecular weight excluding hydrogens is 302 g/mol. The zero-order valence-electron chi connectivity index (χ0n) is 10.1. The molecule has 1 amide bonds. The lowest BCUT2D eigenvalue weighted by molar-refractivity contribution is -0.131. The van der Waals surface area contributed by atoms with Crippen LogP contribution >= 0.6 is 15.9 Å². The van der Waals surface area contributed by atoms with Gasteiger partial charge in [-0.05, 0) is 41.1 Å². The SMILES string of the molecule is CCN(C)C(=O)COc1ccc(C(=O)O)cc1Br. The molecule has 0 spiro atoms. The lowest BCUT2D eigenvalue weighted by atomic mass is 10.2. The van der Waals surface area contributed by atoms with E-state index < -0.39 is 5.97 Å². The molecule has 0 aliphatic heterocycles. The minimum atomic E-state index is -1.01. The number of rotatable bonds is 5. The van der Waals surface area contributed by atoms with Crippen molar-refractivity contribution < 1.29 is 19.4 Å². The molecule has 0 aliphatic rings. The first kappa shape index (κ1) is 14.5. The van der Waals surface area contributed by atoms with Gasteiger partial charge in [-0.25, -0.2) is 4.79 Å². The molecule has 1 N–H and O–H groups in total. The number of carboxylic acids is 1. The maximum absolute atomic E-state index is 11.5. The highest BCUT2D eigenvalue weighted by molar-refractivity contribution is 9.10. The number of carbonyl (C=O) groups is 2. The third-order valence-electron chi connectivity index (χ3n) is 2.43. The van der Waals surface area contributed by atoms with E-state index in [2.05, 4.69) is 15.9 Å². The minimum absolute atomic E-state index is 0.0740. The first-order valence-electron chi connectivity index (χ1n) is 5.35. The van der Waals surface area contributed by atoms with Crippen molar-refractivity contribution in [2.75, 3.05) is 20.2 Å². The Labute approximate surface area is 113 Å². The number of hydrogen-bond acceptors (Lipinski definition) is 3. The molecule has 1 aromatic rings. The Hall–Kier alpha value is -1.56. The maximum Gasteiger partial charge on any atom is 0.335 e. The van der Waals surface area contributed by atoms with Gasteiger partial charge in [0.05, 0.1) is 10.0 Å². The lowest BCUT2D eigenvalue weighted by Gasteiger charge is -2.15. The third kappa shape index (κ3) is 3.73. The standard InChI is InChI=1S/C12H14BrNO4/c1-3-14(2)11(15)7-18-10-5-4-8(12(16)17)6-9(10)13/h4-6H,3,7H2,1-2H3,(H,16,17). The van der Waals surface area contributed by atoms with E-state index in [1.165, 1.54) is 18.2 Å². The fourth-order valence-electron chi connectivity index (χ4n) is 1.18. The van der Waals surface area contributed by atoms with Gasteiger partial charge in [-0.3, -0.25) is 4.79 Å². The van der Waals surface area contributed by atoms with Crippen molar-refractivity contribution in [3.05, 3.63) is 28.2 Å². The van der Waals surface area contributed by atoms with Gasteiger partial charge in [-0.1, -0.05) is 0 Å². The molecule has 0 bridgehead atoms. The van der Waals surface area contributed by atoms with Crippen LogP contribution in [-0.4, -0.2) is 42.1 Å². The number of benzene rings is 1. The van der Waals surface area contributed by atoms with E-state index in [0.717, 1.165) is 0 Å². The molecule has 0 unspecified atom stereocenters. The molecule has 98 valence electrons. The van der Waals surface area contributed by atoms with Gasteiger partial charge in [-0.15, -0.1) is 0 Å². The van der Waals surface area contributed by atoms with Crippen molar-refractivity contribution in [2.24, 2.45) is 0 Å². The topological polar surface area (TPSA) is 66.8 Å². The Bertz CT molecular complexity index is 461. The highest BCUT2D eigenvalue weighted by Gasteiger charge is 2.11. The van der Waals surface area contributed by atoms with Crippen LogP contribution in [0, 0.1) is 0 Å². The number of carboxylic acid groups (broad SMARTS) is 1. The Morgan fingerprint density at radius 2 is 2.11 bits per heavy atom. The Morgan fingerprint density at radius 3 is 2.61 bits per heavy atom. The molecule has 0 fully saturated rings. The van der Waals surface area contributed by atoms with Gasteiger partial charge in [0.1, 0.15) is 5.75 Å². The van der Waals surface area contributed by atoms with E-state index in [1.54, 1.807) is 11.9 Å². The lowest BCUT2D eigenvalue weighted by Crippen LogP contribution is -2.31. The second-order valence-electron chi connectivity index (χ2n) is 3.65. The number of ether oxygens (including phenoxy) is 1. The van der Waals surface area contributed by atoms with Crippen LogP contribution < -0.4 is 4.74 Å².